The molecule has 7 nitrogen and oxygen atoms in total. The number of aliphatic hydroxyl groups is 1. The Labute approximate surface area is 238 Å². The van der Waals surface area contributed by atoms with Gasteiger partial charge in [0.15, 0.2) is 0 Å². The quantitative estimate of drug-likeness (QED) is 0.439. The third kappa shape index (κ3) is 5.83. The highest BCUT2D eigenvalue weighted by molar-refractivity contribution is 6.33. The van der Waals surface area contributed by atoms with Crippen LogP contribution in [-0.2, 0) is 13.7 Å². The molecular formula is C31H46ClN5O2. The molecule has 4 fully saturated rings. The maximum absolute atomic E-state index is 12.2. The summed E-state index contributed by atoms with van der Waals surface area (Å²) in [7, 11) is 1.65. The van der Waals surface area contributed by atoms with Crippen molar-refractivity contribution in [1.29, 1.82) is 0 Å². The maximum Gasteiger partial charge on any atom is 0.269 e. The maximum atomic E-state index is 12.2. The molecule has 214 valence electrons. The van der Waals surface area contributed by atoms with Gasteiger partial charge in [-0.1, -0.05) is 43.7 Å². The van der Waals surface area contributed by atoms with Gasteiger partial charge in [0.2, 0.25) is 0 Å². The number of hydrogen-bond donors (Lipinski definition) is 2. The number of hydrogen-bond acceptors (Lipinski definition) is 6. The molecule has 3 heterocycles. The lowest BCUT2D eigenvalue weighted by Crippen LogP contribution is -2.50. The first-order valence-corrected chi connectivity index (χ1v) is 15.5. The minimum atomic E-state index is -0.277. The molecule has 2 aromatic rings. The molecule has 6 rings (SSSR count). The largest absolute Gasteiger partial charge is 0.390 e. The van der Waals surface area contributed by atoms with E-state index in [1.165, 1.54) is 36.7 Å². The first-order chi connectivity index (χ1) is 18.8. The average molecular weight is 556 g/mol. The molecule has 3 saturated carbocycles. The molecule has 0 atom stereocenters. The van der Waals surface area contributed by atoms with E-state index in [0.717, 1.165) is 56.2 Å². The number of pyridine rings is 1. The van der Waals surface area contributed by atoms with Crippen molar-refractivity contribution in [1.82, 2.24) is 19.5 Å². The van der Waals surface area contributed by atoms with Crippen molar-refractivity contribution in [2.75, 3.05) is 6.54 Å². The van der Waals surface area contributed by atoms with Crippen LogP contribution in [0, 0.1) is 12.3 Å². The second-order valence-corrected chi connectivity index (χ2v) is 13.0. The van der Waals surface area contributed by atoms with E-state index < -0.39 is 0 Å². The zero-order chi connectivity index (χ0) is 27.6. The fourth-order valence-corrected chi connectivity index (χ4v) is 8.19. The molecular weight excluding hydrogens is 510 g/mol. The molecule has 2 aromatic heterocycles. The fourth-order valence-electron chi connectivity index (χ4n) is 7.90. The number of aliphatic hydroxyl groups excluding tert-OH is 1. The minimum Gasteiger partial charge on any atom is -0.390 e. The second kappa shape index (κ2) is 12.0. The van der Waals surface area contributed by atoms with Crippen LogP contribution in [0.4, 0.5) is 0 Å². The Morgan fingerprint density at radius 3 is 2.23 bits per heavy atom. The SMILES string of the molecule is C1CCC2(CC1)CCCC2.Cc1nc(C2CCC3(CCCN3N)CC2)c(CO)nc1-c1ccn(C)c(=O)c1Cl. The Balaban J connectivity index is 0.000000257. The van der Waals surface area contributed by atoms with Crippen LogP contribution in [0.3, 0.4) is 0 Å². The molecule has 0 unspecified atom stereocenters. The summed E-state index contributed by atoms with van der Waals surface area (Å²) < 4.78 is 1.43. The van der Waals surface area contributed by atoms with E-state index in [9.17, 15) is 9.90 Å². The van der Waals surface area contributed by atoms with Crippen LogP contribution in [0.1, 0.15) is 119 Å². The van der Waals surface area contributed by atoms with Crippen molar-refractivity contribution in [3.8, 4) is 11.3 Å². The molecule has 2 spiro atoms. The molecule has 0 radical (unpaired) electrons. The summed E-state index contributed by atoms with van der Waals surface area (Å²) >= 11 is 6.29. The van der Waals surface area contributed by atoms with Gasteiger partial charge in [0.05, 0.1) is 29.4 Å². The van der Waals surface area contributed by atoms with Crippen molar-refractivity contribution in [3.05, 3.63) is 44.7 Å². The average Bonchev–Trinajstić information content (AvgIpc) is 3.55. The highest BCUT2D eigenvalue weighted by atomic mass is 35.5. The zero-order valence-corrected chi connectivity index (χ0v) is 24.6. The lowest BCUT2D eigenvalue weighted by Gasteiger charge is -2.41. The number of nitrogens with zero attached hydrogens (tertiary/aromatic N) is 4. The molecule has 3 N–H and O–H groups in total. The monoisotopic (exact) mass is 555 g/mol. The normalized spacial score (nSPS) is 26.6. The van der Waals surface area contributed by atoms with E-state index in [1.54, 1.807) is 45.0 Å². The number of hydrazine groups is 1. The smallest absolute Gasteiger partial charge is 0.269 e. The molecule has 8 heteroatoms. The van der Waals surface area contributed by atoms with Gasteiger partial charge in [-0.15, -0.1) is 0 Å². The van der Waals surface area contributed by atoms with Crippen molar-refractivity contribution in [2.24, 2.45) is 18.3 Å². The standard InChI is InChI=1S/C21H28ClN5O2.C10H18/c1-13-18(15-6-11-26(2)20(29)17(15)22)25-16(12-28)19(24-13)14-4-8-21(9-5-14)7-3-10-27(21)23;1-2-6-10(7-3-1)8-4-5-9-10/h6,11,14,28H,3-5,7-10,12,23H2,1-2H3;1-9H2. The lowest BCUT2D eigenvalue weighted by atomic mass is 9.73. The van der Waals surface area contributed by atoms with Crippen LogP contribution in [0.2, 0.25) is 5.02 Å². The van der Waals surface area contributed by atoms with E-state index in [1.807, 2.05) is 11.9 Å². The lowest BCUT2D eigenvalue weighted by molar-refractivity contribution is 0.0857. The number of aryl methyl sites for hydroxylation is 2. The second-order valence-electron chi connectivity index (χ2n) is 12.7. The van der Waals surface area contributed by atoms with Gasteiger partial charge in [0.25, 0.3) is 5.56 Å². The Hall–Kier alpha value is -1.80. The number of aromatic nitrogens is 3. The van der Waals surface area contributed by atoms with Gasteiger partial charge in [-0.25, -0.2) is 9.99 Å². The Morgan fingerprint density at radius 1 is 1.00 bits per heavy atom. The molecule has 1 saturated heterocycles. The summed E-state index contributed by atoms with van der Waals surface area (Å²) in [5.41, 5.74) is 3.98. The number of nitrogens with two attached hydrogens (primary N) is 1. The summed E-state index contributed by atoms with van der Waals surface area (Å²) in [6.45, 7) is 2.66. The fraction of sp³-hybridized carbons (Fsp3) is 0.710. The van der Waals surface area contributed by atoms with Gasteiger partial charge >= 0.3 is 0 Å². The number of rotatable bonds is 3. The minimum absolute atomic E-state index is 0.118. The molecule has 4 aliphatic rings. The summed E-state index contributed by atoms with van der Waals surface area (Å²) in [4.78, 5) is 21.7. The summed E-state index contributed by atoms with van der Waals surface area (Å²) in [5.74, 6) is 6.52. The van der Waals surface area contributed by atoms with Crippen LogP contribution in [-0.4, -0.2) is 36.7 Å². The highest BCUT2D eigenvalue weighted by Crippen LogP contribution is 2.49. The predicted octanol–water partition coefficient (Wildman–Crippen LogP) is 6.17. The van der Waals surface area contributed by atoms with Crippen LogP contribution in [0.5, 0.6) is 0 Å². The Bertz CT molecular complexity index is 1210. The summed E-state index contributed by atoms with van der Waals surface area (Å²) in [6, 6.07) is 1.77. The molecule has 39 heavy (non-hydrogen) atoms. The van der Waals surface area contributed by atoms with Crippen molar-refractivity contribution >= 4 is 11.6 Å². The zero-order valence-electron chi connectivity index (χ0n) is 23.9. The predicted molar refractivity (Wildman–Crippen MR) is 156 cm³/mol. The first-order valence-electron chi connectivity index (χ1n) is 15.1. The topological polar surface area (TPSA) is 97.3 Å². The third-order valence-corrected chi connectivity index (χ3v) is 10.7. The van der Waals surface area contributed by atoms with Gasteiger partial charge in [-0.2, -0.15) is 0 Å². The molecule has 3 aliphatic carbocycles. The molecule has 0 amide bonds. The highest BCUT2D eigenvalue weighted by Gasteiger charge is 2.43. The Kier molecular flexibility index (Phi) is 8.82. The van der Waals surface area contributed by atoms with E-state index >= 15 is 0 Å². The first kappa shape index (κ1) is 28.7. The van der Waals surface area contributed by atoms with E-state index in [-0.39, 0.29) is 28.6 Å². The van der Waals surface area contributed by atoms with Crippen LogP contribution in [0.15, 0.2) is 17.1 Å². The molecule has 0 bridgehead atoms. The van der Waals surface area contributed by atoms with Crippen LogP contribution >= 0.6 is 11.6 Å². The van der Waals surface area contributed by atoms with Gasteiger partial charge in [0, 0.05) is 36.8 Å². The van der Waals surface area contributed by atoms with E-state index in [2.05, 4.69) is 0 Å². The van der Waals surface area contributed by atoms with Gasteiger partial charge < -0.3 is 9.67 Å². The van der Waals surface area contributed by atoms with Crippen molar-refractivity contribution in [3.63, 3.8) is 0 Å². The van der Waals surface area contributed by atoms with Gasteiger partial charge in [0.1, 0.15) is 5.02 Å². The van der Waals surface area contributed by atoms with Gasteiger partial charge in [-0.3, -0.25) is 15.6 Å². The molecule has 0 aromatic carbocycles. The van der Waals surface area contributed by atoms with E-state index in [4.69, 9.17) is 27.4 Å². The van der Waals surface area contributed by atoms with Gasteiger partial charge in [-0.05, 0) is 82.6 Å². The Morgan fingerprint density at radius 2 is 1.64 bits per heavy atom. The number of halogens is 1. The van der Waals surface area contributed by atoms with Crippen LogP contribution < -0.4 is 11.4 Å². The molecule has 1 aliphatic heterocycles. The summed E-state index contributed by atoms with van der Waals surface area (Å²) in [6.07, 6.45) is 21.9. The van der Waals surface area contributed by atoms with Crippen molar-refractivity contribution < 1.29 is 5.11 Å². The summed E-state index contributed by atoms with van der Waals surface area (Å²) in [5, 5.41) is 12.2. The third-order valence-electron chi connectivity index (χ3n) is 10.3. The van der Waals surface area contributed by atoms with E-state index in [0.29, 0.717) is 22.6 Å². The van der Waals surface area contributed by atoms with Crippen molar-refractivity contribution in [2.45, 2.75) is 121 Å². The van der Waals surface area contributed by atoms with Crippen LogP contribution in [0.25, 0.3) is 11.3 Å².